The Kier molecular flexibility index (Phi) is 6.65. The molecule has 0 radical (unpaired) electrons. The third-order valence-electron chi connectivity index (χ3n) is 6.39. The van der Waals surface area contributed by atoms with Gasteiger partial charge in [-0.3, -0.25) is 10.00 Å². The van der Waals surface area contributed by atoms with E-state index < -0.39 is 0 Å². The van der Waals surface area contributed by atoms with Gasteiger partial charge in [0.1, 0.15) is 5.75 Å². The van der Waals surface area contributed by atoms with Crippen molar-refractivity contribution in [1.29, 1.82) is 0 Å². The van der Waals surface area contributed by atoms with E-state index in [1.807, 2.05) is 12.3 Å². The van der Waals surface area contributed by atoms with Crippen LogP contribution in [-0.4, -0.2) is 41.3 Å². The zero-order valence-corrected chi connectivity index (χ0v) is 17.1. The molecule has 1 atom stereocenters. The van der Waals surface area contributed by atoms with Gasteiger partial charge in [0.2, 0.25) is 0 Å². The van der Waals surface area contributed by atoms with Gasteiger partial charge in [-0.2, -0.15) is 5.10 Å². The number of hydrogen-bond donors (Lipinski definition) is 2. The summed E-state index contributed by atoms with van der Waals surface area (Å²) in [5, 5.41) is 11.5. The van der Waals surface area contributed by atoms with Crippen molar-refractivity contribution in [2.75, 3.05) is 20.2 Å². The maximum Gasteiger partial charge on any atom is 0.119 e. The number of nitrogens with one attached hydrogen (secondary N) is 2. The van der Waals surface area contributed by atoms with Crippen LogP contribution < -0.4 is 10.1 Å². The minimum atomic E-state index is 0.550. The second-order valence-corrected chi connectivity index (χ2v) is 8.45. The van der Waals surface area contributed by atoms with E-state index in [1.165, 1.54) is 68.3 Å². The van der Waals surface area contributed by atoms with Crippen LogP contribution in [-0.2, 0) is 13.1 Å². The Labute approximate surface area is 168 Å². The number of hydrogen-bond acceptors (Lipinski definition) is 4. The van der Waals surface area contributed by atoms with Crippen molar-refractivity contribution >= 4 is 0 Å². The van der Waals surface area contributed by atoms with Crippen molar-refractivity contribution in [2.45, 2.75) is 70.0 Å². The fraction of sp³-hybridized carbons (Fsp3) is 0.609. The molecule has 1 aliphatic heterocycles. The van der Waals surface area contributed by atoms with E-state index in [0.717, 1.165) is 25.4 Å². The first-order valence-electron chi connectivity index (χ1n) is 10.9. The maximum atomic E-state index is 5.37. The number of ether oxygens (including phenoxy) is 1. The predicted molar refractivity (Wildman–Crippen MR) is 113 cm³/mol. The summed E-state index contributed by atoms with van der Waals surface area (Å²) < 4.78 is 5.37. The second kappa shape index (κ2) is 9.57. The molecule has 1 aromatic heterocycles. The summed E-state index contributed by atoms with van der Waals surface area (Å²) in [4.78, 5) is 2.56. The zero-order chi connectivity index (χ0) is 19.2. The van der Waals surface area contributed by atoms with E-state index in [0.29, 0.717) is 12.0 Å². The molecule has 0 amide bonds. The molecule has 2 aliphatic rings. The van der Waals surface area contributed by atoms with Gasteiger partial charge in [-0.1, -0.05) is 31.4 Å². The molecule has 0 bridgehead atoms. The van der Waals surface area contributed by atoms with Gasteiger partial charge >= 0.3 is 0 Å². The van der Waals surface area contributed by atoms with Crippen LogP contribution >= 0.6 is 0 Å². The largest absolute Gasteiger partial charge is 0.497 e. The third-order valence-corrected chi connectivity index (χ3v) is 6.39. The molecule has 0 spiro atoms. The highest BCUT2D eigenvalue weighted by Crippen LogP contribution is 2.33. The summed E-state index contributed by atoms with van der Waals surface area (Å²) in [5.74, 6) is 1.63. The van der Waals surface area contributed by atoms with Crippen LogP contribution in [0.1, 0.15) is 67.7 Å². The van der Waals surface area contributed by atoms with Gasteiger partial charge in [-0.05, 0) is 49.9 Å². The van der Waals surface area contributed by atoms with E-state index >= 15 is 0 Å². The van der Waals surface area contributed by atoms with Gasteiger partial charge in [0.05, 0.1) is 13.3 Å². The molecule has 1 aliphatic carbocycles. The van der Waals surface area contributed by atoms with Gasteiger partial charge in [0.15, 0.2) is 0 Å². The van der Waals surface area contributed by atoms with Gasteiger partial charge in [-0.15, -0.1) is 0 Å². The van der Waals surface area contributed by atoms with Crippen LogP contribution in [0.5, 0.6) is 5.75 Å². The van der Waals surface area contributed by atoms with Crippen molar-refractivity contribution in [3.63, 3.8) is 0 Å². The lowest BCUT2D eigenvalue weighted by atomic mass is 9.85. The molecule has 2 aromatic rings. The lowest BCUT2D eigenvalue weighted by Crippen LogP contribution is -2.45. The molecule has 1 aromatic carbocycles. The number of likely N-dealkylation sites (tertiary alicyclic amines) is 1. The Morgan fingerprint density at radius 2 is 2.07 bits per heavy atom. The molecule has 5 nitrogen and oxygen atoms in total. The highest BCUT2D eigenvalue weighted by atomic mass is 16.5. The van der Waals surface area contributed by atoms with Crippen LogP contribution in [0.4, 0.5) is 0 Å². The maximum absolute atomic E-state index is 5.37. The Morgan fingerprint density at radius 3 is 2.93 bits per heavy atom. The molecule has 4 rings (SSSR count). The SMILES string of the molecule is COc1cccc(CN2CCCC(NCc3cn[nH]c3C3CCCCC3)C2)c1. The average molecular weight is 383 g/mol. The van der Waals surface area contributed by atoms with Crippen molar-refractivity contribution in [3.05, 3.63) is 47.3 Å². The normalized spacial score (nSPS) is 21.7. The molecule has 28 heavy (non-hydrogen) atoms. The predicted octanol–water partition coefficient (Wildman–Crippen LogP) is 4.22. The standard InChI is InChI=1S/C23H34N4O/c1-28-22-11-5-7-18(13-22)16-27-12-6-10-21(17-27)24-14-20-15-25-26-23(20)19-8-3-2-4-9-19/h5,7,11,13,15,19,21,24H,2-4,6,8-10,12,14,16-17H2,1H3,(H,25,26). The van der Waals surface area contributed by atoms with Crippen LogP contribution in [0.3, 0.4) is 0 Å². The first kappa shape index (κ1) is 19.5. The number of aromatic nitrogens is 2. The molecule has 1 saturated heterocycles. The summed E-state index contributed by atoms with van der Waals surface area (Å²) in [6.07, 6.45) is 11.3. The average Bonchev–Trinajstić information content (AvgIpc) is 3.22. The Balaban J connectivity index is 1.30. The molecule has 1 unspecified atom stereocenters. The van der Waals surface area contributed by atoms with E-state index in [2.05, 4.69) is 38.6 Å². The van der Waals surface area contributed by atoms with Crippen molar-refractivity contribution in [1.82, 2.24) is 20.4 Å². The molecular weight excluding hydrogens is 348 g/mol. The van der Waals surface area contributed by atoms with Gasteiger partial charge in [0, 0.05) is 42.9 Å². The Morgan fingerprint density at radius 1 is 1.18 bits per heavy atom. The Hall–Kier alpha value is -1.85. The van der Waals surface area contributed by atoms with Gasteiger partial charge < -0.3 is 10.1 Å². The number of rotatable bonds is 7. The zero-order valence-electron chi connectivity index (χ0n) is 17.1. The summed E-state index contributed by atoms with van der Waals surface area (Å²) in [6.45, 7) is 4.21. The van der Waals surface area contributed by atoms with E-state index in [9.17, 15) is 0 Å². The minimum Gasteiger partial charge on any atom is -0.497 e. The molecule has 2 fully saturated rings. The second-order valence-electron chi connectivity index (χ2n) is 8.45. The third kappa shape index (κ3) is 4.95. The highest BCUT2D eigenvalue weighted by Gasteiger charge is 2.23. The number of piperidine rings is 1. The molecule has 1 saturated carbocycles. The summed E-state index contributed by atoms with van der Waals surface area (Å²) in [5.41, 5.74) is 4.09. The van der Waals surface area contributed by atoms with E-state index in [4.69, 9.17) is 4.74 Å². The number of H-pyrrole nitrogens is 1. The summed E-state index contributed by atoms with van der Waals surface area (Å²) in [6, 6.07) is 8.99. The molecule has 152 valence electrons. The summed E-state index contributed by atoms with van der Waals surface area (Å²) in [7, 11) is 1.73. The lowest BCUT2D eigenvalue weighted by molar-refractivity contribution is 0.182. The fourth-order valence-corrected chi connectivity index (χ4v) is 4.86. The van der Waals surface area contributed by atoms with Crippen molar-refractivity contribution in [3.8, 4) is 5.75 Å². The van der Waals surface area contributed by atoms with Gasteiger partial charge in [-0.25, -0.2) is 0 Å². The lowest BCUT2D eigenvalue weighted by Gasteiger charge is -2.33. The first-order valence-corrected chi connectivity index (χ1v) is 10.9. The number of benzene rings is 1. The van der Waals surface area contributed by atoms with E-state index in [-0.39, 0.29) is 0 Å². The van der Waals surface area contributed by atoms with E-state index in [1.54, 1.807) is 7.11 Å². The van der Waals surface area contributed by atoms with Crippen molar-refractivity contribution < 1.29 is 4.74 Å². The number of aromatic amines is 1. The molecular formula is C23H34N4O. The molecule has 5 heteroatoms. The molecule has 2 N–H and O–H groups in total. The van der Waals surface area contributed by atoms with Crippen LogP contribution in [0.25, 0.3) is 0 Å². The highest BCUT2D eigenvalue weighted by molar-refractivity contribution is 5.28. The minimum absolute atomic E-state index is 0.550. The number of methoxy groups -OCH3 is 1. The smallest absolute Gasteiger partial charge is 0.119 e. The van der Waals surface area contributed by atoms with Crippen molar-refractivity contribution in [2.24, 2.45) is 0 Å². The van der Waals surface area contributed by atoms with Gasteiger partial charge in [0.25, 0.3) is 0 Å². The van der Waals surface area contributed by atoms with Crippen LogP contribution in [0.2, 0.25) is 0 Å². The Bertz CT molecular complexity index is 738. The monoisotopic (exact) mass is 382 g/mol. The van der Waals surface area contributed by atoms with Crippen LogP contribution in [0.15, 0.2) is 30.5 Å². The number of nitrogens with zero attached hydrogens (tertiary/aromatic N) is 2. The summed E-state index contributed by atoms with van der Waals surface area (Å²) >= 11 is 0. The molecule has 2 heterocycles. The first-order chi connectivity index (χ1) is 13.8. The van der Waals surface area contributed by atoms with Crippen LogP contribution in [0, 0.1) is 0 Å². The fourth-order valence-electron chi connectivity index (χ4n) is 4.86. The topological polar surface area (TPSA) is 53.2 Å². The quantitative estimate of drug-likeness (QED) is 0.753.